The normalized spacial score (nSPS) is 11.8. The molecule has 4 aromatic rings. The molecule has 6 nitrogen and oxygen atoms in total. The van der Waals surface area contributed by atoms with Gasteiger partial charge in [0.1, 0.15) is 17.5 Å². The topological polar surface area (TPSA) is 83.6 Å². The SMILES string of the molecule is Cc1onc(-c2c(Cl)cccc2Cl)c1CN(C(=O)c1ccc(Cl)cc1Cl)[C@@H](Cc1ccccc1)C(=O)O. The van der Waals surface area contributed by atoms with Gasteiger partial charge >= 0.3 is 5.97 Å². The first-order valence-electron chi connectivity index (χ1n) is 11.1. The summed E-state index contributed by atoms with van der Waals surface area (Å²) in [7, 11) is 0. The molecule has 0 fully saturated rings. The van der Waals surface area contributed by atoms with Crippen molar-refractivity contribution in [2.24, 2.45) is 0 Å². The van der Waals surface area contributed by atoms with Gasteiger partial charge in [-0.15, -0.1) is 0 Å². The molecule has 0 bridgehead atoms. The second kappa shape index (κ2) is 11.6. The second-order valence-corrected chi connectivity index (χ2v) is 9.92. The number of rotatable bonds is 8. The van der Waals surface area contributed by atoms with Gasteiger partial charge in [-0.05, 0) is 42.8 Å². The number of halogens is 4. The molecule has 0 saturated carbocycles. The zero-order chi connectivity index (χ0) is 26.7. The number of hydrogen-bond donors (Lipinski definition) is 1. The van der Waals surface area contributed by atoms with Crippen LogP contribution in [0.15, 0.2) is 71.3 Å². The van der Waals surface area contributed by atoms with Gasteiger partial charge < -0.3 is 14.5 Å². The number of carboxylic acids is 1. The van der Waals surface area contributed by atoms with E-state index in [0.717, 1.165) is 5.56 Å². The van der Waals surface area contributed by atoms with E-state index in [-0.39, 0.29) is 23.6 Å². The van der Waals surface area contributed by atoms with Crippen LogP contribution in [0.25, 0.3) is 11.3 Å². The molecule has 0 unspecified atom stereocenters. The standard InChI is InChI=1S/C27H20Cl4N2O4/c1-15-19(25(32-37-15)24-20(29)8-5-9-21(24)30)14-33(26(34)18-11-10-17(28)13-22(18)31)23(27(35)36)12-16-6-3-2-4-7-16/h2-11,13,23H,12,14H2,1H3,(H,35,36)/t23-/m0/s1. The van der Waals surface area contributed by atoms with E-state index in [4.69, 9.17) is 50.9 Å². The Kier molecular flexibility index (Phi) is 8.45. The molecular formula is C27H20Cl4N2O4. The molecule has 190 valence electrons. The quantitative estimate of drug-likeness (QED) is 0.233. The van der Waals surface area contributed by atoms with E-state index in [0.29, 0.717) is 37.6 Å². The first-order chi connectivity index (χ1) is 17.7. The average Bonchev–Trinajstić information content (AvgIpc) is 3.21. The molecule has 1 atom stereocenters. The Hall–Kier alpha value is -3.03. The van der Waals surface area contributed by atoms with Gasteiger partial charge in [0.2, 0.25) is 0 Å². The molecule has 0 aliphatic rings. The van der Waals surface area contributed by atoms with Crippen LogP contribution in [0.1, 0.15) is 27.2 Å². The minimum atomic E-state index is -1.24. The van der Waals surface area contributed by atoms with E-state index < -0.39 is 17.9 Å². The van der Waals surface area contributed by atoms with Crippen molar-refractivity contribution in [2.45, 2.75) is 25.9 Å². The zero-order valence-corrected chi connectivity index (χ0v) is 22.4. The Morgan fingerprint density at radius 3 is 2.24 bits per heavy atom. The molecule has 0 saturated heterocycles. The summed E-state index contributed by atoms with van der Waals surface area (Å²) in [6.45, 7) is 1.51. The lowest BCUT2D eigenvalue weighted by molar-refractivity contribution is -0.142. The van der Waals surface area contributed by atoms with Crippen LogP contribution in [-0.4, -0.2) is 33.1 Å². The Labute approximate surface area is 233 Å². The number of amides is 1. The van der Waals surface area contributed by atoms with E-state index in [1.165, 1.54) is 23.1 Å². The highest BCUT2D eigenvalue weighted by Gasteiger charge is 2.34. The Bertz CT molecular complexity index is 1440. The van der Waals surface area contributed by atoms with E-state index in [9.17, 15) is 14.7 Å². The minimum absolute atomic E-state index is 0.0552. The molecule has 0 aliphatic heterocycles. The predicted octanol–water partition coefficient (Wildman–Crippen LogP) is 7.60. The van der Waals surface area contributed by atoms with Crippen LogP contribution in [0.5, 0.6) is 0 Å². The van der Waals surface area contributed by atoms with Crippen LogP contribution in [0.4, 0.5) is 0 Å². The van der Waals surface area contributed by atoms with Crippen LogP contribution in [-0.2, 0) is 17.8 Å². The molecule has 4 rings (SSSR count). The highest BCUT2D eigenvalue weighted by atomic mass is 35.5. The van der Waals surface area contributed by atoms with Gasteiger partial charge in [0.05, 0.1) is 27.2 Å². The number of nitrogens with zero attached hydrogens (tertiary/aromatic N) is 2. The fourth-order valence-electron chi connectivity index (χ4n) is 3.98. The molecule has 0 spiro atoms. The Morgan fingerprint density at radius 2 is 1.62 bits per heavy atom. The van der Waals surface area contributed by atoms with Crippen molar-refractivity contribution in [3.8, 4) is 11.3 Å². The number of carbonyl (C=O) groups excluding carboxylic acids is 1. The number of hydrogen-bond acceptors (Lipinski definition) is 4. The third-order valence-electron chi connectivity index (χ3n) is 5.87. The predicted molar refractivity (Wildman–Crippen MR) is 145 cm³/mol. The highest BCUT2D eigenvalue weighted by molar-refractivity contribution is 6.39. The molecule has 1 heterocycles. The smallest absolute Gasteiger partial charge is 0.326 e. The second-order valence-electron chi connectivity index (χ2n) is 8.26. The van der Waals surface area contributed by atoms with Crippen LogP contribution < -0.4 is 0 Å². The van der Waals surface area contributed by atoms with Crippen LogP contribution in [0, 0.1) is 6.92 Å². The monoisotopic (exact) mass is 576 g/mol. The van der Waals surface area contributed by atoms with Crippen molar-refractivity contribution in [1.82, 2.24) is 10.1 Å². The maximum atomic E-state index is 13.9. The molecule has 10 heteroatoms. The van der Waals surface area contributed by atoms with Crippen molar-refractivity contribution in [1.29, 1.82) is 0 Å². The Balaban J connectivity index is 1.84. The maximum Gasteiger partial charge on any atom is 0.326 e. The van der Waals surface area contributed by atoms with Gasteiger partial charge in [-0.2, -0.15) is 0 Å². The maximum absolute atomic E-state index is 13.9. The van der Waals surface area contributed by atoms with Gasteiger partial charge in [0.25, 0.3) is 5.91 Å². The summed E-state index contributed by atoms with van der Waals surface area (Å²) < 4.78 is 5.45. The third kappa shape index (κ3) is 5.94. The summed E-state index contributed by atoms with van der Waals surface area (Å²) in [4.78, 5) is 27.7. The fraction of sp³-hybridized carbons (Fsp3) is 0.148. The average molecular weight is 578 g/mol. The molecule has 0 aliphatic carbocycles. The molecule has 3 aromatic carbocycles. The van der Waals surface area contributed by atoms with Crippen molar-refractivity contribution in [3.63, 3.8) is 0 Å². The third-order valence-corrected chi connectivity index (χ3v) is 7.05. The first-order valence-corrected chi connectivity index (χ1v) is 12.6. The lowest BCUT2D eigenvalue weighted by Gasteiger charge is -2.30. The van der Waals surface area contributed by atoms with Gasteiger partial charge in [-0.3, -0.25) is 4.79 Å². The van der Waals surface area contributed by atoms with Gasteiger partial charge in [-0.25, -0.2) is 4.79 Å². The van der Waals surface area contributed by atoms with Gasteiger partial charge in [0, 0.05) is 22.6 Å². The number of carboxylic acid groups (broad SMARTS) is 1. The number of aromatic nitrogens is 1. The van der Waals surface area contributed by atoms with E-state index in [1.807, 2.05) is 6.07 Å². The number of carbonyl (C=O) groups is 2. The number of benzene rings is 3. The van der Waals surface area contributed by atoms with Crippen molar-refractivity contribution >= 4 is 58.3 Å². The van der Waals surface area contributed by atoms with Crippen LogP contribution >= 0.6 is 46.4 Å². The van der Waals surface area contributed by atoms with Crippen LogP contribution in [0.2, 0.25) is 20.1 Å². The summed E-state index contributed by atoms with van der Waals surface area (Å²) in [5.41, 5.74) is 2.05. The molecule has 37 heavy (non-hydrogen) atoms. The summed E-state index contributed by atoms with van der Waals surface area (Å²) in [5.74, 6) is -1.40. The number of aliphatic carboxylic acids is 1. The highest BCUT2D eigenvalue weighted by Crippen LogP contribution is 2.38. The lowest BCUT2D eigenvalue weighted by atomic mass is 10.0. The van der Waals surface area contributed by atoms with E-state index in [2.05, 4.69) is 5.16 Å². The van der Waals surface area contributed by atoms with Crippen LogP contribution in [0.3, 0.4) is 0 Å². The van der Waals surface area contributed by atoms with Crippen molar-refractivity contribution in [3.05, 3.63) is 109 Å². The summed E-state index contributed by atoms with van der Waals surface area (Å²) in [6.07, 6.45) is 0.0552. The summed E-state index contributed by atoms with van der Waals surface area (Å²) >= 11 is 25.2. The number of aryl methyl sites for hydroxylation is 1. The Morgan fingerprint density at radius 1 is 0.946 bits per heavy atom. The van der Waals surface area contributed by atoms with Crippen molar-refractivity contribution < 1.29 is 19.2 Å². The van der Waals surface area contributed by atoms with Gasteiger partial charge in [0.15, 0.2) is 0 Å². The minimum Gasteiger partial charge on any atom is -0.480 e. The largest absolute Gasteiger partial charge is 0.480 e. The zero-order valence-electron chi connectivity index (χ0n) is 19.4. The van der Waals surface area contributed by atoms with Gasteiger partial charge in [-0.1, -0.05) is 88.0 Å². The molecule has 1 amide bonds. The molecule has 1 aromatic heterocycles. The molecule has 0 radical (unpaired) electrons. The molecule has 1 N–H and O–H groups in total. The summed E-state index contributed by atoms with van der Waals surface area (Å²) in [6, 6.07) is 17.2. The lowest BCUT2D eigenvalue weighted by Crippen LogP contribution is -2.46. The molecular weight excluding hydrogens is 558 g/mol. The van der Waals surface area contributed by atoms with E-state index in [1.54, 1.807) is 49.4 Å². The van der Waals surface area contributed by atoms with Crippen molar-refractivity contribution in [2.75, 3.05) is 0 Å². The summed E-state index contributed by atoms with van der Waals surface area (Å²) in [5, 5.41) is 15.5. The fourth-order valence-corrected chi connectivity index (χ4v) is 5.04. The van der Waals surface area contributed by atoms with E-state index >= 15 is 0 Å². The first kappa shape index (κ1) is 27.0.